The van der Waals surface area contributed by atoms with Crippen LogP contribution in [-0.2, 0) is 10.1 Å². The van der Waals surface area contributed by atoms with Gasteiger partial charge in [-0.2, -0.15) is 13.2 Å². The predicted molar refractivity (Wildman–Crippen MR) is 89.5 cm³/mol. The summed E-state index contributed by atoms with van der Waals surface area (Å²) in [7, 11) is -6.09. The molecular formula is C11H12F3O3S5. The number of halogens is 3. The third-order valence-electron chi connectivity index (χ3n) is 2.42. The second kappa shape index (κ2) is 7.22. The Kier molecular flexibility index (Phi) is 6.56. The summed E-state index contributed by atoms with van der Waals surface area (Å²) in [6.07, 6.45) is 0. The van der Waals surface area contributed by atoms with E-state index in [9.17, 15) is 13.2 Å². The van der Waals surface area contributed by atoms with E-state index in [4.69, 9.17) is 13.0 Å². The van der Waals surface area contributed by atoms with E-state index in [2.05, 4.69) is 27.7 Å². The fourth-order valence-corrected chi connectivity index (χ4v) is 6.41. The molecule has 1 radical (unpaired) electrons. The van der Waals surface area contributed by atoms with Gasteiger partial charge in [-0.05, 0) is 27.7 Å². The van der Waals surface area contributed by atoms with E-state index in [0.29, 0.717) is 0 Å². The smallest absolute Gasteiger partial charge is 0.485 e. The zero-order valence-electron chi connectivity index (χ0n) is 11.9. The second-order valence-electron chi connectivity index (χ2n) is 4.11. The average molecular weight is 410 g/mol. The van der Waals surface area contributed by atoms with E-state index in [-0.39, 0.29) is 0 Å². The average Bonchev–Trinajstić information content (AvgIpc) is 2.82. The summed E-state index contributed by atoms with van der Waals surface area (Å²) >= 11 is 7.72. The van der Waals surface area contributed by atoms with Gasteiger partial charge in [0, 0.05) is 9.81 Å². The molecule has 0 saturated heterocycles. The minimum absolute atomic E-state index is 1.46. The van der Waals surface area contributed by atoms with Gasteiger partial charge in [0.1, 0.15) is 14.0 Å². The number of rotatable bonds is 1. The van der Waals surface area contributed by atoms with E-state index >= 15 is 0 Å². The molecule has 0 fully saturated rings. The van der Waals surface area contributed by atoms with Crippen LogP contribution in [-0.4, -0.2) is 22.7 Å². The first-order valence-corrected chi connectivity index (χ1v) is 10.3. The van der Waals surface area contributed by atoms with Gasteiger partial charge in [0.05, 0.1) is 22.7 Å². The summed E-state index contributed by atoms with van der Waals surface area (Å²) in [6.45, 7) is 8.83. The summed E-state index contributed by atoms with van der Waals surface area (Å²) in [5, 5.41) is 0. The Morgan fingerprint density at radius 3 is 1.86 bits per heavy atom. The molecule has 0 saturated carbocycles. The molecule has 1 aliphatic rings. The molecule has 125 valence electrons. The first-order valence-electron chi connectivity index (χ1n) is 5.65. The van der Waals surface area contributed by atoms with Crippen molar-refractivity contribution in [3.05, 3.63) is 23.8 Å². The molecule has 1 aromatic heterocycles. The van der Waals surface area contributed by atoms with Gasteiger partial charge >= 0.3 is 9.70 Å². The van der Waals surface area contributed by atoms with Gasteiger partial charge in [-0.25, -0.2) is 8.42 Å². The lowest BCUT2D eigenvalue weighted by atomic mass is 10.5. The van der Waals surface area contributed by atoms with Crippen LogP contribution in [0.1, 0.15) is 27.8 Å². The molecule has 2 rings (SSSR count). The van der Waals surface area contributed by atoms with Crippen LogP contribution in [0.25, 0.3) is 0 Å². The highest BCUT2D eigenvalue weighted by atomic mass is 32.2. The summed E-state index contributed by atoms with van der Waals surface area (Å²) in [5.41, 5.74) is -5.65. The van der Waals surface area contributed by atoms with Crippen molar-refractivity contribution >= 4 is 60.1 Å². The first-order chi connectivity index (χ1) is 9.83. The molecule has 0 amide bonds. The van der Waals surface area contributed by atoms with Gasteiger partial charge in [-0.1, -0.05) is 11.8 Å². The number of alkyl halides is 3. The van der Waals surface area contributed by atoms with Crippen molar-refractivity contribution in [1.29, 1.82) is 0 Å². The van der Waals surface area contributed by atoms with Crippen molar-refractivity contribution in [3.63, 3.8) is 0 Å². The zero-order chi connectivity index (χ0) is 17.3. The summed E-state index contributed by atoms with van der Waals surface area (Å²) in [5.74, 6) is 0. The molecule has 0 aliphatic carbocycles. The summed E-state index contributed by atoms with van der Waals surface area (Å²) in [4.78, 5) is 5.84. The SMILES string of the molecule is CC1=C(C)[S]=C(c2sc(C)c(C)[s+]2)S1.O=S(=O)([O-])C(F)(F)F. The van der Waals surface area contributed by atoms with Gasteiger partial charge in [0.25, 0.3) is 0 Å². The molecule has 1 aromatic rings. The number of hydrogen-bond donors (Lipinski definition) is 0. The summed E-state index contributed by atoms with van der Waals surface area (Å²) < 4.78 is 61.9. The highest BCUT2D eigenvalue weighted by molar-refractivity contribution is 8.33. The topological polar surface area (TPSA) is 57.2 Å². The van der Waals surface area contributed by atoms with Crippen LogP contribution >= 0.6 is 45.8 Å². The van der Waals surface area contributed by atoms with E-state index in [1.807, 2.05) is 45.8 Å². The number of allylic oxidation sites excluding steroid dienone is 2. The lowest BCUT2D eigenvalue weighted by Gasteiger charge is -2.08. The molecule has 0 N–H and O–H groups in total. The fraction of sp³-hybridized carbons (Fsp3) is 0.455. The number of aryl methyl sites for hydroxylation is 2. The highest BCUT2D eigenvalue weighted by Crippen LogP contribution is 2.41. The molecule has 1 aliphatic heterocycles. The van der Waals surface area contributed by atoms with Crippen molar-refractivity contribution in [2.45, 2.75) is 33.2 Å². The number of thioether (sulfide) groups is 1. The Bertz CT molecular complexity index is 709. The predicted octanol–water partition coefficient (Wildman–Crippen LogP) is 4.97. The van der Waals surface area contributed by atoms with Crippen LogP contribution < -0.4 is 0 Å². The molecule has 0 unspecified atom stereocenters. The highest BCUT2D eigenvalue weighted by Gasteiger charge is 2.36. The molecule has 0 bridgehead atoms. The van der Waals surface area contributed by atoms with Crippen molar-refractivity contribution in [2.24, 2.45) is 0 Å². The first kappa shape index (κ1) is 20.0. The van der Waals surface area contributed by atoms with E-state index in [1.54, 1.807) is 0 Å². The minimum atomic E-state index is -6.09. The molecule has 2 heterocycles. The molecule has 0 atom stereocenters. The normalized spacial score (nSPS) is 15.5. The summed E-state index contributed by atoms with van der Waals surface area (Å²) in [6, 6.07) is 0. The molecule has 0 aromatic carbocycles. The quantitative estimate of drug-likeness (QED) is 0.284. The number of hydrogen-bond acceptors (Lipinski definition) is 5. The van der Waals surface area contributed by atoms with Crippen LogP contribution in [0, 0.1) is 13.8 Å². The molecule has 11 heteroatoms. The molecule has 22 heavy (non-hydrogen) atoms. The Balaban J connectivity index is 0.000000261. The van der Waals surface area contributed by atoms with Gasteiger partial charge in [-0.15, -0.1) is 11.4 Å². The minimum Gasteiger partial charge on any atom is -0.741 e. The van der Waals surface area contributed by atoms with Crippen LogP contribution in [0.5, 0.6) is 0 Å². The third-order valence-corrected chi connectivity index (χ3v) is 8.77. The lowest BCUT2D eigenvalue weighted by molar-refractivity contribution is -0.0517. The van der Waals surface area contributed by atoms with Crippen molar-refractivity contribution in [2.75, 3.05) is 0 Å². The van der Waals surface area contributed by atoms with E-state index in [0.717, 1.165) is 0 Å². The van der Waals surface area contributed by atoms with Gasteiger partial charge in [0.2, 0.25) is 0 Å². The third kappa shape index (κ3) is 5.24. The maximum Gasteiger partial charge on any atom is 0.485 e. The van der Waals surface area contributed by atoms with Crippen LogP contribution in [0.15, 0.2) is 9.81 Å². The maximum absolute atomic E-state index is 10.7. The Morgan fingerprint density at radius 1 is 1.09 bits per heavy atom. The van der Waals surface area contributed by atoms with Crippen LogP contribution in [0.3, 0.4) is 0 Å². The molecule has 3 nitrogen and oxygen atoms in total. The van der Waals surface area contributed by atoms with Gasteiger partial charge in [0.15, 0.2) is 10.1 Å². The zero-order valence-corrected chi connectivity index (χ0v) is 16.0. The van der Waals surface area contributed by atoms with Crippen molar-refractivity contribution in [1.82, 2.24) is 0 Å². The lowest BCUT2D eigenvalue weighted by Crippen LogP contribution is -2.21. The van der Waals surface area contributed by atoms with E-state index in [1.165, 1.54) is 28.0 Å². The fourth-order valence-electron chi connectivity index (χ4n) is 1.05. The maximum atomic E-state index is 10.7. The monoisotopic (exact) mass is 409 g/mol. The Labute approximate surface area is 143 Å². The second-order valence-corrected chi connectivity index (χ2v) is 10.9. The molecule has 0 spiro atoms. The standard InChI is InChI=1S/C10H12S4.CHF3O3S/c1-5-6(2)12-9(11-5)10-13-7(3)8(4)14-10;2-1(3,4)8(5,6)7/h1-4H3;(H,5,6,7)/q+1;/p-1. The van der Waals surface area contributed by atoms with Crippen LogP contribution in [0.4, 0.5) is 13.2 Å². The Morgan fingerprint density at radius 2 is 1.59 bits per heavy atom. The molecular weight excluding hydrogens is 397 g/mol. The Hall–Kier alpha value is -0.0700. The van der Waals surface area contributed by atoms with Gasteiger partial charge in [-0.3, -0.25) is 0 Å². The van der Waals surface area contributed by atoms with Gasteiger partial charge < -0.3 is 4.55 Å². The van der Waals surface area contributed by atoms with Crippen molar-refractivity contribution < 1.29 is 26.1 Å². The van der Waals surface area contributed by atoms with E-state index < -0.39 is 15.6 Å². The van der Waals surface area contributed by atoms with Crippen LogP contribution in [0.2, 0.25) is 0 Å². The van der Waals surface area contributed by atoms with Crippen molar-refractivity contribution in [3.8, 4) is 0 Å². The largest absolute Gasteiger partial charge is 0.741 e.